The van der Waals surface area contributed by atoms with Gasteiger partial charge in [-0.1, -0.05) is 0 Å². The van der Waals surface area contributed by atoms with E-state index in [1.807, 2.05) is 32.0 Å². The first-order chi connectivity index (χ1) is 12.5. The Morgan fingerprint density at radius 2 is 1.92 bits per heavy atom. The summed E-state index contributed by atoms with van der Waals surface area (Å²) in [5.74, 6) is 0.355. The second-order valence-corrected chi connectivity index (χ2v) is 6.64. The Morgan fingerprint density at radius 1 is 1.23 bits per heavy atom. The van der Waals surface area contributed by atoms with E-state index in [4.69, 9.17) is 0 Å². The summed E-state index contributed by atoms with van der Waals surface area (Å²) in [4.78, 5) is 39.0. The zero-order valence-electron chi connectivity index (χ0n) is 15.1. The number of nitrogens with zero attached hydrogens (tertiary/aromatic N) is 4. The molecule has 26 heavy (non-hydrogen) atoms. The van der Waals surface area contributed by atoms with E-state index in [1.165, 1.54) is 0 Å². The number of rotatable bonds is 6. The quantitative estimate of drug-likeness (QED) is 0.843. The highest BCUT2D eigenvalue weighted by atomic mass is 16.2. The largest absolute Gasteiger partial charge is 0.355 e. The first-order valence-electron chi connectivity index (χ1n) is 8.77. The molecular weight excluding hydrogens is 330 g/mol. The maximum absolute atomic E-state index is 12.4. The number of hydrogen-bond donors (Lipinski definition) is 1. The van der Waals surface area contributed by atoms with Crippen LogP contribution in [0.15, 0.2) is 30.6 Å². The zero-order chi connectivity index (χ0) is 18.5. The minimum atomic E-state index is -0.301. The van der Waals surface area contributed by atoms with Gasteiger partial charge in [-0.25, -0.2) is 9.97 Å². The van der Waals surface area contributed by atoms with Crippen LogP contribution in [0.4, 0.5) is 0 Å². The van der Waals surface area contributed by atoms with Crippen LogP contribution < -0.4 is 5.32 Å². The molecule has 7 heteroatoms. The van der Waals surface area contributed by atoms with E-state index in [0.717, 1.165) is 22.8 Å². The zero-order valence-corrected chi connectivity index (χ0v) is 15.1. The molecule has 1 aliphatic heterocycles. The van der Waals surface area contributed by atoms with Crippen molar-refractivity contribution in [2.75, 3.05) is 13.1 Å². The van der Waals surface area contributed by atoms with Crippen molar-refractivity contribution in [2.24, 2.45) is 5.92 Å². The van der Waals surface area contributed by atoms with Crippen molar-refractivity contribution in [3.05, 3.63) is 53.4 Å². The summed E-state index contributed by atoms with van der Waals surface area (Å²) < 4.78 is 0. The molecule has 2 amide bonds. The molecule has 0 spiro atoms. The summed E-state index contributed by atoms with van der Waals surface area (Å²) in [6.07, 6.45) is 4.25. The Bertz CT molecular complexity index is 774. The molecule has 1 atom stereocenters. The van der Waals surface area contributed by atoms with Gasteiger partial charge >= 0.3 is 0 Å². The molecule has 1 aliphatic rings. The van der Waals surface area contributed by atoms with E-state index >= 15 is 0 Å². The fourth-order valence-corrected chi connectivity index (χ4v) is 3.16. The Kier molecular flexibility index (Phi) is 5.55. The van der Waals surface area contributed by atoms with Crippen LogP contribution in [-0.2, 0) is 22.6 Å². The third-order valence-corrected chi connectivity index (χ3v) is 4.38. The molecule has 3 heterocycles. The van der Waals surface area contributed by atoms with E-state index in [-0.39, 0.29) is 24.2 Å². The summed E-state index contributed by atoms with van der Waals surface area (Å²) in [5, 5.41) is 2.91. The lowest BCUT2D eigenvalue weighted by Crippen LogP contribution is -2.34. The summed E-state index contributed by atoms with van der Waals surface area (Å²) in [7, 11) is 0. The number of hydrogen-bond acceptors (Lipinski definition) is 5. The van der Waals surface area contributed by atoms with Crippen LogP contribution in [0.3, 0.4) is 0 Å². The van der Waals surface area contributed by atoms with Gasteiger partial charge in [0.15, 0.2) is 0 Å². The lowest BCUT2D eigenvalue weighted by Gasteiger charge is -2.16. The van der Waals surface area contributed by atoms with Crippen molar-refractivity contribution in [1.29, 1.82) is 0 Å². The minimum absolute atomic E-state index is 0.0135. The Labute approximate surface area is 152 Å². The normalized spacial score (nSPS) is 16.8. The molecule has 1 saturated heterocycles. The van der Waals surface area contributed by atoms with Gasteiger partial charge in [0.05, 0.1) is 5.92 Å². The summed E-state index contributed by atoms with van der Waals surface area (Å²) >= 11 is 0. The predicted octanol–water partition coefficient (Wildman–Crippen LogP) is 1.20. The number of aryl methyl sites for hydroxylation is 2. The van der Waals surface area contributed by atoms with Gasteiger partial charge in [0.1, 0.15) is 5.82 Å². The second kappa shape index (κ2) is 8.03. The van der Waals surface area contributed by atoms with Gasteiger partial charge in [0.25, 0.3) is 0 Å². The van der Waals surface area contributed by atoms with Crippen LogP contribution in [0.1, 0.15) is 29.2 Å². The van der Waals surface area contributed by atoms with Crippen LogP contribution in [-0.4, -0.2) is 44.8 Å². The van der Waals surface area contributed by atoms with Crippen molar-refractivity contribution < 1.29 is 9.59 Å². The molecule has 0 saturated carbocycles. The van der Waals surface area contributed by atoms with Crippen molar-refractivity contribution in [2.45, 2.75) is 33.2 Å². The van der Waals surface area contributed by atoms with Crippen molar-refractivity contribution >= 4 is 11.8 Å². The van der Waals surface area contributed by atoms with Crippen molar-refractivity contribution in [1.82, 2.24) is 25.2 Å². The van der Waals surface area contributed by atoms with Gasteiger partial charge in [-0.05, 0) is 37.6 Å². The monoisotopic (exact) mass is 353 g/mol. The maximum Gasteiger partial charge on any atom is 0.225 e. The van der Waals surface area contributed by atoms with Crippen LogP contribution in [0.25, 0.3) is 0 Å². The fraction of sp³-hybridized carbons (Fsp3) is 0.421. The molecular formula is C19H23N5O2. The van der Waals surface area contributed by atoms with Gasteiger partial charge in [-0.15, -0.1) is 0 Å². The topological polar surface area (TPSA) is 88.1 Å². The molecule has 1 N–H and O–H groups in total. The number of nitrogens with one attached hydrogen (secondary N) is 1. The molecule has 1 fully saturated rings. The molecule has 2 aromatic heterocycles. The van der Waals surface area contributed by atoms with Crippen molar-refractivity contribution in [3.63, 3.8) is 0 Å². The van der Waals surface area contributed by atoms with E-state index < -0.39 is 0 Å². The predicted molar refractivity (Wildman–Crippen MR) is 96.0 cm³/mol. The lowest BCUT2D eigenvalue weighted by molar-refractivity contribution is -0.129. The highest BCUT2D eigenvalue weighted by Gasteiger charge is 2.34. The highest BCUT2D eigenvalue weighted by Crippen LogP contribution is 2.20. The fourth-order valence-electron chi connectivity index (χ4n) is 3.16. The minimum Gasteiger partial charge on any atom is -0.355 e. The van der Waals surface area contributed by atoms with E-state index in [1.54, 1.807) is 17.3 Å². The molecule has 0 bridgehead atoms. The standard InChI is InChI=1S/C19H23N5O2/c1-13-9-14(2)23-17(22-13)5-8-21-19(26)16-10-18(25)24(12-16)11-15-3-6-20-7-4-15/h3-4,6-7,9,16H,5,8,10-12H2,1-2H3,(H,21,26)/t16-/m1/s1. The van der Waals surface area contributed by atoms with Gasteiger partial charge in [0.2, 0.25) is 11.8 Å². The average molecular weight is 353 g/mol. The molecule has 7 nitrogen and oxygen atoms in total. The molecule has 0 aromatic carbocycles. The smallest absolute Gasteiger partial charge is 0.225 e. The second-order valence-electron chi connectivity index (χ2n) is 6.64. The lowest BCUT2D eigenvalue weighted by atomic mass is 10.1. The molecule has 2 aromatic rings. The van der Waals surface area contributed by atoms with Gasteiger partial charge in [-0.3, -0.25) is 14.6 Å². The maximum atomic E-state index is 12.4. The number of amides is 2. The molecule has 3 rings (SSSR count). The third kappa shape index (κ3) is 4.62. The summed E-state index contributed by atoms with van der Waals surface area (Å²) in [6, 6.07) is 5.68. The third-order valence-electron chi connectivity index (χ3n) is 4.38. The Hall–Kier alpha value is -2.83. The SMILES string of the molecule is Cc1cc(C)nc(CCNC(=O)[C@@H]2CC(=O)N(Cc3ccncc3)C2)n1. The van der Waals surface area contributed by atoms with Gasteiger partial charge < -0.3 is 10.2 Å². The molecule has 0 radical (unpaired) electrons. The van der Waals surface area contributed by atoms with Gasteiger partial charge in [0, 0.05) is 56.3 Å². The number of carbonyl (C=O) groups is 2. The van der Waals surface area contributed by atoms with Crippen molar-refractivity contribution in [3.8, 4) is 0 Å². The molecule has 136 valence electrons. The number of likely N-dealkylation sites (tertiary alicyclic amines) is 1. The Morgan fingerprint density at radius 3 is 2.62 bits per heavy atom. The highest BCUT2D eigenvalue weighted by molar-refractivity contribution is 5.89. The Balaban J connectivity index is 1.48. The summed E-state index contributed by atoms with van der Waals surface area (Å²) in [6.45, 7) is 5.29. The first kappa shape index (κ1) is 18.0. The summed E-state index contributed by atoms with van der Waals surface area (Å²) in [5.41, 5.74) is 2.86. The average Bonchev–Trinajstić information content (AvgIpc) is 2.96. The number of carbonyl (C=O) groups excluding carboxylic acids is 2. The van der Waals surface area contributed by atoms with Crippen LogP contribution in [0.2, 0.25) is 0 Å². The van der Waals surface area contributed by atoms with E-state index in [9.17, 15) is 9.59 Å². The van der Waals surface area contributed by atoms with E-state index in [2.05, 4.69) is 20.3 Å². The first-order valence-corrected chi connectivity index (χ1v) is 8.77. The molecule has 0 unspecified atom stereocenters. The van der Waals surface area contributed by atoms with Gasteiger partial charge in [-0.2, -0.15) is 0 Å². The van der Waals surface area contributed by atoms with Crippen LogP contribution in [0.5, 0.6) is 0 Å². The molecule has 0 aliphatic carbocycles. The number of aromatic nitrogens is 3. The van der Waals surface area contributed by atoms with Crippen LogP contribution in [0, 0.1) is 19.8 Å². The number of pyridine rings is 1. The van der Waals surface area contributed by atoms with Crippen LogP contribution >= 0.6 is 0 Å². The van der Waals surface area contributed by atoms with E-state index in [0.29, 0.717) is 26.1 Å².